The highest BCUT2D eigenvalue weighted by Crippen LogP contribution is 2.39. The Morgan fingerprint density at radius 1 is 1.04 bits per heavy atom. The van der Waals surface area contributed by atoms with Gasteiger partial charge in [-0.05, 0) is 5.56 Å². The summed E-state index contributed by atoms with van der Waals surface area (Å²) in [6.45, 7) is 0.538. The third kappa shape index (κ3) is 3.74. The molecule has 7 heteroatoms. The molecule has 2 unspecified atom stereocenters. The van der Waals surface area contributed by atoms with Gasteiger partial charge < -0.3 is 19.5 Å². The van der Waals surface area contributed by atoms with Crippen molar-refractivity contribution in [3.63, 3.8) is 0 Å². The van der Waals surface area contributed by atoms with Crippen molar-refractivity contribution in [3.05, 3.63) is 48.0 Å². The maximum absolute atomic E-state index is 12.6. The second-order valence-electron chi connectivity index (χ2n) is 5.87. The molecule has 0 spiro atoms. The van der Waals surface area contributed by atoms with E-state index in [4.69, 9.17) is 14.2 Å². The predicted molar refractivity (Wildman–Crippen MR) is 98.8 cm³/mol. The number of benzene rings is 2. The molecule has 0 aliphatic carbocycles. The molecular formula is C19H23N3O4. The Bertz CT molecular complexity index is 742. The molecule has 0 aromatic heterocycles. The fraction of sp³-hybridized carbons (Fsp3) is 0.316. The van der Waals surface area contributed by atoms with Crippen LogP contribution in [0.25, 0.3) is 0 Å². The smallest absolute Gasteiger partial charge is 0.242 e. The second kappa shape index (κ2) is 8.07. The summed E-state index contributed by atoms with van der Waals surface area (Å²) in [7, 11) is 4.61. The summed E-state index contributed by atoms with van der Waals surface area (Å²) in [5.41, 5.74) is 1.67. The molecule has 1 saturated heterocycles. The summed E-state index contributed by atoms with van der Waals surface area (Å²) in [4.78, 5) is 12.6. The normalized spacial score (nSPS) is 19.0. The molecule has 1 heterocycles. The molecule has 0 saturated carbocycles. The van der Waals surface area contributed by atoms with E-state index >= 15 is 0 Å². The van der Waals surface area contributed by atoms with E-state index in [0.717, 1.165) is 5.56 Å². The fourth-order valence-corrected chi connectivity index (χ4v) is 2.97. The average molecular weight is 357 g/mol. The molecule has 26 heavy (non-hydrogen) atoms. The Hall–Kier alpha value is -2.77. The van der Waals surface area contributed by atoms with Gasteiger partial charge in [0.1, 0.15) is 6.04 Å². The van der Waals surface area contributed by atoms with Gasteiger partial charge in [0.15, 0.2) is 11.5 Å². The van der Waals surface area contributed by atoms with Crippen LogP contribution in [-0.2, 0) is 4.79 Å². The van der Waals surface area contributed by atoms with Gasteiger partial charge in [0.05, 0.1) is 27.5 Å². The number of carbonyl (C=O) groups excluding carboxylic acids is 1. The molecule has 7 nitrogen and oxygen atoms in total. The molecule has 1 amide bonds. The predicted octanol–water partition coefficient (Wildman–Crippen LogP) is 1.91. The van der Waals surface area contributed by atoms with E-state index < -0.39 is 0 Å². The van der Waals surface area contributed by atoms with Crippen molar-refractivity contribution >= 4 is 11.6 Å². The van der Waals surface area contributed by atoms with E-state index in [9.17, 15) is 4.79 Å². The average Bonchev–Trinajstić information content (AvgIpc) is 3.18. The van der Waals surface area contributed by atoms with E-state index in [0.29, 0.717) is 29.5 Å². The third-order valence-electron chi connectivity index (χ3n) is 4.28. The topological polar surface area (TPSA) is 80.9 Å². The molecule has 0 bridgehead atoms. The zero-order chi connectivity index (χ0) is 18.5. The lowest BCUT2D eigenvalue weighted by Gasteiger charge is -2.16. The van der Waals surface area contributed by atoms with Crippen LogP contribution in [0.4, 0.5) is 5.69 Å². The molecule has 138 valence electrons. The molecule has 1 fully saturated rings. The van der Waals surface area contributed by atoms with E-state index in [1.54, 1.807) is 12.1 Å². The van der Waals surface area contributed by atoms with Crippen molar-refractivity contribution < 1.29 is 19.0 Å². The van der Waals surface area contributed by atoms with Gasteiger partial charge in [0.2, 0.25) is 11.7 Å². The third-order valence-corrected chi connectivity index (χ3v) is 4.28. The Morgan fingerprint density at radius 2 is 1.69 bits per heavy atom. The molecule has 0 radical (unpaired) electrons. The van der Waals surface area contributed by atoms with Crippen molar-refractivity contribution in [2.75, 3.05) is 33.2 Å². The Morgan fingerprint density at radius 3 is 2.27 bits per heavy atom. The first-order chi connectivity index (χ1) is 12.7. The summed E-state index contributed by atoms with van der Waals surface area (Å²) in [6, 6.07) is 13.0. The number of methoxy groups -OCH3 is 3. The number of amides is 1. The molecule has 2 aromatic rings. The second-order valence-corrected chi connectivity index (χ2v) is 5.87. The first kappa shape index (κ1) is 18.0. The van der Waals surface area contributed by atoms with Gasteiger partial charge in [0.25, 0.3) is 0 Å². The van der Waals surface area contributed by atoms with Crippen LogP contribution in [0.1, 0.15) is 11.7 Å². The Balaban J connectivity index is 1.70. The Kier molecular flexibility index (Phi) is 5.60. The summed E-state index contributed by atoms with van der Waals surface area (Å²) in [6.07, 6.45) is -0.0492. The van der Waals surface area contributed by atoms with Gasteiger partial charge in [0, 0.05) is 24.4 Å². The standard InChI is InChI=1S/C19H23N3O4/c1-24-15-9-13(10-16(25-2)17(15)26-3)21-19(23)14-11-20-18(22-14)12-7-5-4-6-8-12/h4-10,14,18,20,22H,11H2,1-3H3,(H,21,23). The van der Waals surface area contributed by atoms with Gasteiger partial charge in [-0.25, -0.2) is 0 Å². The molecule has 3 N–H and O–H groups in total. The van der Waals surface area contributed by atoms with Crippen LogP contribution in [0.15, 0.2) is 42.5 Å². The highest BCUT2D eigenvalue weighted by Gasteiger charge is 2.29. The number of ether oxygens (including phenoxy) is 3. The highest BCUT2D eigenvalue weighted by molar-refractivity contribution is 5.96. The first-order valence-electron chi connectivity index (χ1n) is 8.31. The molecule has 2 atom stereocenters. The zero-order valence-corrected chi connectivity index (χ0v) is 15.0. The van der Waals surface area contributed by atoms with Gasteiger partial charge in [-0.1, -0.05) is 30.3 Å². The van der Waals surface area contributed by atoms with E-state index in [1.165, 1.54) is 21.3 Å². The summed E-state index contributed by atoms with van der Waals surface area (Å²) in [5.74, 6) is 1.33. The molecule has 1 aliphatic rings. The Labute approximate surface area is 152 Å². The zero-order valence-electron chi connectivity index (χ0n) is 15.0. The van der Waals surface area contributed by atoms with Crippen molar-refractivity contribution in [1.82, 2.24) is 10.6 Å². The van der Waals surface area contributed by atoms with Crippen LogP contribution in [0.2, 0.25) is 0 Å². The van der Waals surface area contributed by atoms with Crippen molar-refractivity contribution in [3.8, 4) is 17.2 Å². The van der Waals surface area contributed by atoms with Crippen molar-refractivity contribution in [2.24, 2.45) is 0 Å². The van der Waals surface area contributed by atoms with Gasteiger partial charge >= 0.3 is 0 Å². The lowest BCUT2D eigenvalue weighted by Crippen LogP contribution is -2.38. The van der Waals surface area contributed by atoms with E-state index in [-0.39, 0.29) is 18.1 Å². The largest absolute Gasteiger partial charge is 0.493 e. The minimum Gasteiger partial charge on any atom is -0.493 e. The summed E-state index contributed by atoms with van der Waals surface area (Å²) < 4.78 is 15.9. The fourth-order valence-electron chi connectivity index (χ4n) is 2.97. The minimum absolute atomic E-state index is 0.0492. The highest BCUT2D eigenvalue weighted by atomic mass is 16.5. The van der Waals surface area contributed by atoms with Gasteiger partial charge in [-0.2, -0.15) is 0 Å². The monoisotopic (exact) mass is 357 g/mol. The van der Waals surface area contributed by atoms with Gasteiger partial charge in [-0.3, -0.25) is 15.4 Å². The SMILES string of the molecule is COc1cc(NC(=O)C2CNC(c3ccccc3)N2)cc(OC)c1OC. The van der Waals surface area contributed by atoms with Crippen molar-refractivity contribution in [2.45, 2.75) is 12.2 Å². The van der Waals surface area contributed by atoms with Crippen LogP contribution in [0, 0.1) is 0 Å². The number of nitrogens with one attached hydrogen (secondary N) is 3. The number of rotatable bonds is 6. The lowest BCUT2D eigenvalue weighted by molar-refractivity contribution is -0.117. The minimum atomic E-state index is -0.348. The van der Waals surface area contributed by atoms with E-state index in [2.05, 4.69) is 16.0 Å². The number of hydrogen-bond acceptors (Lipinski definition) is 6. The molecule has 2 aromatic carbocycles. The molecule has 1 aliphatic heterocycles. The van der Waals surface area contributed by atoms with Gasteiger partial charge in [-0.15, -0.1) is 0 Å². The molecule has 3 rings (SSSR count). The number of anilines is 1. The number of carbonyl (C=O) groups is 1. The van der Waals surface area contributed by atoms with Crippen LogP contribution in [0.3, 0.4) is 0 Å². The quantitative estimate of drug-likeness (QED) is 0.733. The van der Waals surface area contributed by atoms with Crippen LogP contribution < -0.4 is 30.2 Å². The maximum atomic E-state index is 12.6. The summed E-state index contributed by atoms with van der Waals surface area (Å²) in [5, 5.41) is 9.51. The number of hydrogen-bond donors (Lipinski definition) is 3. The van der Waals surface area contributed by atoms with Crippen LogP contribution >= 0.6 is 0 Å². The van der Waals surface area contributed by atoms with Crippen molar-refractivity contribution in [1.29, 1.82) is 0 Å². The maximum Gasteiger partial charge on any atom is 0.242 e. The molecular weight excluding hydrogens is 334 g/mol. The first-order valence-corrected chi connectivity index (χ1v) is 8.31. The van der Waals surface area contributed by atoms with Crippen LogP contribution in [-0.4, -0.2) is 39.8 Å². The van der Waals surface area contributed by atoms with E-state index in [1.807, 2.05) is 30.3 Å². The summed E-state index contributed by atoms with van der Waals surface area (Å²) >= 11 is 0. The van der Waals surface area contributed by atoms with Crippen LogP contribution in [0.5, 0.6) is 17.2 Å². The lowest BCUT2D eigenvalue weighted by atomic mass is 10.2.